The van der Waals surface area contributed by atoms with E-state index in [2.05, 4.69) is 5.32 Å². The Morgan fingerprint density at radius 1 is 1.30 bits per heavy atom. The fraction of sp³-hybridized carbons (Fsp3) is 0.345. The maximum absolute atomic E-state index is 15.4. The zero-order valence-electron chi connectivity index (χ0n) is 21.6. The van der Waals surface area contributed by atoms with Crippen molar-refractivity contribution in [1.29, 1.82) is 10.7 Å². The van der Waals surface area contributed by atoms with Gasteiger partial charge in [-0.2, -0.15) is 5.26 Å². The molecule has 3 aliphatic rings. The highest BCUT2D eigenvalue weighted by atomic mass is 32.1. The number of nitriles is 1. The summed E-state index contributed by atoms with van der Waals surface area (Å²) in [7, 11) is 0. The van der Waals surface area contributed by atoms with Crippen LogP contribution in [0.2, 0.25) is 0 Å². The van der Waals surface area contributed by atoms with E-state index in [9.17, 15) is 14.3 Å². The predicted molar refractivity (Wildman–Crippen MR) is 149 cm³/mol. The molecule has 3 unspecified atom stereocenters. The van der Waals surface area contributed by atoms with Crippen LogP contribution < -0.4 is 11.1 Å². The number of carbonyl (C=O) groups is 1. The van der Waals surface area contributed by atoms with Crippen molar-refractivity contribution in [3.8, 4) is 17.2 Å². The molecule has 1 aromatic heterocycles. The van der Waals surface area contributed by atoms with Gasteiger partial charge in [0.25, 0.3) is 5.91 Å². The van der Waals surface area contributed by atoms with E-state index < -0.39 is 17.7 Å². The number of ether oxygens (including phenoxy) is 1. The molecule has 0 saturated carbocycles. The molecule has 3 atom stereocenters. The van der Waals surface area contributed by atoms with Crippen LogP contribution in [-0.4, -0.2) is 66.1 Å². The number of likely N-dealkylation sites (tertiary alicyclic amines) is 1. The fourth-order valence-corrected chi connectivity index (χ4v) is 6.17. The molecule has 8 nitrogen and oxygen atoms in total. The van der Waals surface area contributed by atoms with Crippen LogP contribution >= 0.6 is 11.3 Å². The third-order valence-corrected chi connectivity index (χ3v) is 8.40. The molecule has 208 valence electrons. The van der Waals surface area contributed by atoms with Crippen LogP contribution in [0.15, 0.2) is 54.0 Å². The van der Waals surface area contributed by atoms with Gasteiger partial charge >= 0.3 is 0 Å². The smallest absolute Gasteiger partial charge is 0.264 e. The van der Waals surface area contributed by atoms with Crippen molar-refractivity contribution in [2.45, 2.75) is 37.5 Å². The fourth-order valence-electron chi connectivity index (χ4n) is 5.00. The Labute approximate surface area is 234 Å². The number of amides is 1. The number of nitrogens with one attached hydrogen (secondary N) is 2. The van der Waals surface area contributed by atoms with E-state index in [1.807, 2.05) is 0 Å². The molecule has 2 aliphatic heterocycles. The van der Waals surface area contributed by atoms with E-state index in [0.29, 0.717) is 59.2 Å². The average Bonchev–Trinajstić information content (AvgIpc) is 3.38. The van der Waals surface area contributed by atoms with Crippen molar-refractivity contribution in [3.63, 3.8) is 0 Å². The highest BCUT2D eigenvalue weighted by molar-refractivity contribution is 7.15. The number of aliphatic hydroxyl groups is 1. The lowest BCUT2D eigenvalue weighted by Crippen LogP contribution is -2.45. The Kier molecular flexibility index (Phi) is 8.23. The van der Waals surface area contributed by atoms with Gasteiger partial charge in [-0.15, -0.1) is 11.3 Å². The van der Waals surface area contributed by atoms with Crippen LogP contribution in [0, 0.1) is 22.6 Å². The third-order valence-electron chi connectivity index (χ3n) is 7.25. The van der Waals surface area contributed by atoms with Crippen LogP contribution in [0.5, 0.6) is 0 Å². The maximum atomic E-state index is 15.4. The molecular weight excluding hydrogens is 536 g/mol. The summed E-state index contributed by atoms with van der Waals surface area (Å²) in [6.45, 7) is 1.73. The van der Waals surface area contributed by atoms with E-state index in [-0.39, 0.29) is 34.8 Å². The first-order valence-corrected chi connectivity index (χ1v) is 13.9. The minimum Gasteiger partial charge on any atom is -0.391 e. The van der Waals surface area contributed by atoms with Crippen molar-refractivity contribution >= 4 is 28.5 Å². The minimum absolute atomic E-state index is 0.0684. The SMILES string of the molecule is N#Cc1ccc(-c2cc(C(=O)N3CCCC(N)C3)sc2C2=C/C(=C/NC3COCCC3O)C(=N)C=C2F)cc1F. The molecule has 1 amide bonds. The first kappa shape index (κ1) is 27.9. The minimum atomic E-state index is -0.722. The van der Waals surface area contributed by atoms with Crippen molar-refractivity contribution in [3.05, 3.63) is 75.2 Å². The topological polar surface area (TPSA) is 135 Å². The highest BCUT2D eigenvalue weighted by Gasteiger charge is 2.29. The second-order valence-electron chi connectivity index (χ2n) is 10.1. The Hall–Kier alpha value is -3.69. The molecule has 1 aliphatic carbocycles. The first-order valence-electron chi connectivity index (χ1n) is 13.0. The summed E-state index contributed by atoms with van der Waals surface area (Å²) in [5, 5.41) is 30.8. The summed E-state index contributed by atoms with van der Waals surface area (Å²) >= 11 is 1.09. The summed E-state index contributed by atoms with van der Waals surface area (Å²) in [5.74, 6) is -1.63. The van der Waals surface area contributed by atoms with Crippen molar-refractivity contribution in [1.82, 2.24) is 10.2 Å². The van der Waals surface area contributed by atoms with E-state index in [1.165, 1.54) is 18.2 Å². The Morgan fingerprint density at radius 3 is 2.85 bits per heavy atom. The summed E-state index contributed by atoms with van der Waals surface area (Å²) in [6.07, 6.45) is 5.61. The first-order chi connectivity index (χ1) is 19.2. The van der Waals surface area contributed by atoms with Crippen LogP contribution in [0.25, 0.3) is 16.7 Å². The average molecular weight is 566 g/mol. The van der Waals surface area contributed by atoms with Gasteiger partial charge in [-0.3, -0.25) is 4.79 Å². The molecule has 5 rings (SSSR count). The molecule has 0 bridgehead atoms. The van der Waals surface area contributed by atoms with Gasteiger partial charge in [0.1, 0.15) is 17.7 Å². The molecule has 2 saturated heterocycles. The Bertz CT molecular complexity index is 1470. The van der Waals surface area contributed by atoms with Crippen LogP contribution in [0.1, 0.15) is 39.4 Å². The monoisotopic (exact) mass is 565 g/mol. The number of hydrogen-bond donors (Lipinski definition) is 4. The zero-order valence-corrected chi connectivity index (χ0v) is 22.4. The van der Waals surface area contributed by atoms with Crippen LogP contribution in [0.4, 0.5) is 8.78 Å². The van der Waals surface area contributed by atoms with Gasteiger partial charge < -0.3 is 31.2 Å². The number of thiophene rings is 1. The van der Waals surface area contributed by atoms with E-state index >= 15 is 4.39 Å². The molecule has 11 heteroatoms. The standard InChI is InChI=1S/C29H29F2N5O3S/c30-22-9-16(3-4-17(22)12-32)20-10-27(29(38)36-6-1-2-19(33)14-36)40-28(20)21-8-18(24(34)11-23(21)31)13-35-25-15-39-7-5-26(25)37/h3-4,8-11,13,19,25-26,34-35,37H,1-2,5-7,14-15,33H2/b18-13-,34-24?. The molecule has 2 fully saturated rings. The Balaban J connectivity index is 1.56. The Morgan fingerprint density at radius 2 is 2.12 bits per heavy atom. The second-order valence-corrected chi connectivity index (χ2v) is 11.1. The van der Waals surface area contributed by atoms with E-state index in [4.69, 9.17) is 21.1 Å². The molecule has 2 aromatic rings. The number of nitrogens with zero attached hydrogens (tertiary/aromatic N) is 2. The van der Waals surface area contributed by atoms with Gasteiger partial charge in [0, 0.05) is 59.6 Å². The van der Waals surface area contributed by atoms with Gasteiger partial charge in [0.2, 0.25) is 0 Å². The van der Waals surface area contributed by atoms with Crippen molar-refractivity contribution in [2.24, 2.45) is 5.73 Å². The van der Waals surface area contributed by atoms with Gasteiger partial charge in [0.15, 0.2) is 0 Å². The quantitative estimate of drug-likeness (QED) is 0.435. The maximum Gasteiger partial charge on any atom is 0.264 e. The summed E-state index contributed by atoms with van der Waals surface area (Å²) in [4.78, 5) is 15.9. The lowest BCUT2D eigenvalue weighted by molar-refractivity contribution is -0.0113. The van der Waals surface area contributed by atoms with E-state index in [0.717, 1.165) is 30.3 Å². The molecule has 0 radical (unpaired) electrons. The highest BCUT2D eigenvalue weighted by Crippen LogP contribution is 2.42. The number of halogens is 2. The molecule has 3 heterocycles. The number of carbonyl (C=O) groups excluding carboxylic acids is 1. The van der Waals surface area contributed by atoms with Gasteiger partial charge in [-0.25, -0.2) is 8.78 Å². The summed E-state index contributed by atoms with van der Waals surface area (Å²) in [5.41, 5.74) is 7.23. The van der Waals surface area contributed by atoms with Crippen LogP contribution in [-0.2, 0) is 4.74 Å². The number of piperidine rings is 1. The normalized spacial score (nSPS) is 24.4. The van der Waals surface area contributed by atoms with Crippen LogP contribution in [0.3, 0.4) is 0 Å². The number of allylic oxidation sites excluding steroid dienone is 5. The van der Waals surface area contributed by atoms with Crippen molar-refractivity contribution < 1.29 is 23.4 Å². The molecule has 1 aromatic carbocycles. The number of nitrogens with two attached hydrogens (primary N) is 1. The molecule has 5 N–H and O–H groups in total. The lowest BCUT2D eigenvalue weighted by Gasteiger charge is -2.30. The van der Waals surface area contributed by atoms with E-state index in [1.54, 1.807) is 29.3 Å². The molecule has 0 spiro atoms. The third kappa shape index (κ3) is 5.76. The van der Waals surface area contributed by atoms with Gasteiger partial charge in [0.05, 0.1) is 34.9 Å². The number of aliphatic hydroxyl groups excluding tert-OH is 1. The zero-order chi connectivity index (χ0) is 28.4. The second kappa shape index (κ2) is 11.8. The number of hydrogen-bond acceptors (Lipinski definition) is 8. The largest absolute Gasteiger partial charge is 0.391 e. The predicted octanol–water partition coefficient (Wildman–Crippen LogP) is 3.88. The number of benzene rings is 1. The summed E-state index contributed by atoms with van der Waals surface area (Å²) in [6, 6.07) is 7.03. The van der Waals surface area contributed by atoms with Gasteiger partial charge in [-0.1, -0.05) is 6.07 Å². The van der Waals surface area contributed by atoms with Gasteiger partial charge in [-0.05, 0) is 49.1 Å². The lowest BCUT2D eigenvalue weighted by atomic mass is 9.94. The molecule has 40 heavy (non-hydrogen) atoms. The van der Waals surface area contributed by atoms with Crippen molar-refractivity contribution in [2.75, 3.05) is 26.3 Å². The summed E-state index contributed by atoms with van der Waals surface area (Å²) < 4.78 is 35.5. The molecular formula is C29H29F2N5O3S. The number of rotatable bonds is 5.